The van der Waals surface area contributed by atoms with Gasteiger partial charge < -0.3 is 14.2 Å². The highest BCUT2D eigenvalue weighted by Crippen LogP contribution is 2.20. The van der Waals surface area contributed by atoms with Crippen LogP contribution in [0.2, 0.25) is 0 Å². The van der Waals surface area contributed by atoms with Crippen LogP contribution in [0.4, 0.5) is 0 Å². The molecule has 102 valence electrons. The molecule has 1 aliphatic rings. The summed E-state index contributed by atoms with van der Waals surface area (Å²) < 4.78 is 1.51. The van der Waals surface area contributed by atoms with Gasteiger partial charge in [-0.3, -0.25) is 4.79 Å². The highest BCUT2D eigenvalue weighted by molar-refractivity contribution is 7.27. The second-order valence-electron chi connectivity index (χ2n) is 5.14. The van der Waals surface area contributed by atoms with Gasteiger partial charge in [-0.2, -0.15) is 0 Å². The number of rotatable bonds is 1. The van der Waals surface area contributed by atoms with Crippen molar-refractivity contribution < 1.29 is 9.59 Å². The number of carbonyl (C=O) groups is 2. The van der Waals surface area contributed by atoms with Gasteiger partial charge in [-0.15, -0.1) is 9.24 Å². The van der Waals surface area contributed by atoms with Crippen molar-refractivity contribution in [3.05, 3.63) is 40.8 Å². The van der Waals surface area contributed by atoms with Crippen LogP contribution in [-0.2, 0) is 9.59 Å². The second-order valence-corrected chi connectivity index (χ2v) is 7.65. The Labute approximate surface area is 120 Å². The Morgan fingerprint density at radius 3 is 2.70 bits per heavy atom. The van der Waals surface area contributed by atoms with Crippen molar-refractivity contribution in [1.29, 1.82) is 0 Å². The highest BCUT2D eigenvalue weighted by atomic mass is 31.0. The van der Waals surface area contributed by atoms with E-state index in [2.05, 4.69) is 9.24 Å². The van der Waals surface area contributed by atoms with Crippen molar-refractivity contribution in [3.8, 4) is 0 Å². The predicted molar refractivity (Wildman–Crippen MR) is 84.4 cm³/mol. The molecule has 6 heteroatoms. The Hall–Kier alpha value is -1.58. The molecule has 1 fully saturated rings. The summed E-state index contributed by atoms with van der Waals surface area (Å²) >= 11 is 0. The quantitative estimate of drug-likeness (QED) is 0.553. The van der Waals surface area contributed by atoms with Crippen molar-refractivity contribution in [1.82, 2.24) is 4.57 Å². The Morgan fingerprint density at radius 1 is 1.15 bits per heavy atom. The number of fused-ring (bicyclic) bond motifs is 1. The molecule has 2 unspecified atom stereocenters. The standard InChI is InChI=1S/C14H14NO3PSi/c16-12-6-8-1-2-10(19)5-9(8)7-15(12)11-3-4-13(17)20-14(11)18/h1-2,5-7,11H,3-4,19-20H2. The van der Waals surface area contributed by atoms with Crippen molar-refractivity contribution in [3.63, 3.8) is 0 Å². The van der Waals surface area contributed by atoms with Crippen molar-refractivity contribution in [2.24, 2.45) is 0 Å². The van der Waals surface area contributed by atoms with Crippen LogP contribution in [0.3, 0.4) is 0 Å². The molecule has 1 aromatic heterocycles. The van der Waals surface area contributed by atoms with E-state index < -0.39 is 15.6 Å². The van der Waals surface area contributed by atoms with E-state index in [1.807, 2.05) is 18.2 Å². The third-order valence-corrected chi connectivity index (χ3v) is 5.62. The molecule has 0 bridgehead atoms. The van der Waals surface area contributed by atoms with Crippen molar-refractivity contribution >= 4 is 45.6 Å². The number of nitrogens with zero attached hydrogens (tertiary/aromatic N) is 1. The number of benzene rings is 1. The first-order valence-electron chi connectivity index (χ1n) is 6.50. The Morgan fingerprint density at radius 2 is 1.95 bits per heavy atom. The molecule has 0 saturated carbocycles. The summed E-state index contributed by atoms with van der Waals surface area (Å²) in [5, 5.41) is 2.91. The number of hydrogen-bond donors (Lipinski definition) is 0. The first-order chi connectivity index (χ1) is 9.54. The van der Waals surface area contributed by atoms with E-state index in [0.717, 1.165) is 16.1 Å². The van der Waals surface area contributed by atoms with Crippen LogP contribution in [-0.4, -0.2) is 24.9 Å². The average molecular weight is 303 g/mol. The number of aromatic nitrogens is 1. The van der Waals surface area contributed by atoms with Gasteiger partial charge in [0, 0.05) is 18.7 Å². The zero-order chi connectivity index (χ0) is 14.3. The van der Waals surface area contributed by atoms with E-state index in [1.165, 1.54) is 4.57 Å². The van der Waals surface area contributed by atoms with Gasteiger partial charge in [-0.05, 0) is 28.6 Å². The third kappa shape index (κ3) is 2.39. The monoisotopic (exact) mass is 303 g/mol. The second kappa shape index (κ2) is 5.07. The minimum absolute atomic E-state index is 0.0234. The summed E-state index contributed by atoms with van der Waals surface area (Å²) in [6, 6.07) is 6.90. The summed E-state index contributed by atoms with van der Waals surface area (Å²) in [7, 11) is 1.27. The Balaban J connectivity index is 2.11. The van der Waals surface area contributed by atoms with E-state index in [1.54, 1.807) is 12.3 Å². The number of carbonyl (C=O) groups excluding carboxylic acids is 2. The fourth-order valence-electron chi connectivity index (χ4n) is 2.65. The molecule has 1 saturated heterocycles. The molecular formula is C14H14NO3PSi. The van der Waals surface area contributed by atoms with Gasteiger partial charge in [-0.25, -0.2) is 0 Å². The largest absolute Gasteiger partial charge is 0.306 e. The number of pyridine rings is 1. The van der Waals surface area contributed by atoms with Crippen molar-refractivity contribution in [2.75, 3.05) is 0 Å². The van der Waals surface area contributed by atoms with Gasteiger partial charge in [0.25, 0.3) is 5.56 Å². The number of hydrogen-bond acceptors (Lipinski definition) is 3. The lowest BCUT2D eigenvalue weighted by Crippen LogP contribution is -2.38. The maximum Gasteiger partial charge on any atom is 0.251 e. The Bertz CT molecular complexity index is 784. The highest BCUT2D eigenvalue weighted by Gasteiger charge is 2.29. The smallest absolute Gasteiger partial charge is 0.251 e. The molecule has 0 spiro atoms. The van der Waals surface area contributed by atoms with Gasteiger partial charge in [0.1, 0.15) is 10.8 Å². The summed E-state index contributed by atoms with van der Waals surface area (Å²) in [6.45, 7) is 0. The van der Waals surface area contributed by atoms with Crippen LogP contribution in [0.1, 0.15) is 18.9 Å². The first-order valence-corrected chi connectivity index (χ1v) is 8.49. The van der Waals surface area contributed by atoms with Gasteiger partial charge in [-0.1, -0.05) is 12.1 Å². The van der Waals surface area contributed by atoms with Gasteiger partial charge in [0.05, 0.1) is 6.04 Å². The van der Waals surface area contributed by atoms with Crippen LogP contribution in [0.5, 0.6) is 0 Å². The lowest BCUT2D eigenvalue weighted by molar-refractivity contribution is -0.119. The minimum Gasteiger partial charge on any atom is -0.306 e. The molecule has 0 radical (unpaired) electrons. The van der Waals surface area contributed by atoms with Gasteiger partial charge in [0.2, 0.25) is 0 Å². The molecule has 2 atom stereocenters. The third-order valence-electron chi connectivity index (χ3n) is 3.70. The van der Waals surface area contributed by atoms with E-state index in [0.29, 0.717) is 12.8 Å². The maximum atomic E-state index is 12.2. The van der Waals surface area contributed by atoms with E-state index in [9.17, 15) is 14.4 Å². The zero-order valence-electron chi connectivity index (χ0n) is 10.8. The molecule has 0 N–H and O–H groups in total. The average Bonchev–Trinajstić information content (AvgIpc) is 2.39. The molecule has 2 heterocycles. The molecule has 1 aromatic carbocycles. The lowest BCUT2D eigenvalue weighted by Gasteiger charge is -2.22. The maximum absolute atomic E-state index is 12.2. The molecule has 3 rings (SSSR count). The van der Waals surface area contributed by atoms with Gasteiger partial charge in [0.15, 0.2) is 9.52 Å². The molecule has 1 aliphatic heterocycles. The van der Waals surface area contributed by atoms with Crippen LogP contribution in [0, 0.1) is 0 Å². The summed E-state index contributed by atoms with van der Waals surface area (Å²) in [5.41, 5.74) is -0.171. The van der Waals surface area contributed by atoms with Crippen molar-refractivity contribution in [2.45, 2.75) is 18.9 Å². The molecule has 2 aromatic rings. The summed E-state index contributed by atoms with van der Waals surface area (Å²) in [6.07, 6.45) is 2.63. The molecular weight excluding hydrogens is 289 g/mol. The van der Waals surface area contributed by atoms with Crippen LogP contribution < -0.4 is 10.9 Å². The van der Waals surface area contributed by atoms with E-state index in [4.69, 9.17) is 0 Å². The predicted octanol–water partition coefficient (Wildman–Crippen LogP) is 0.0588. The normalized spacial score (nSPS) is 20.8. The fraction of sp³-hybridized carbons (Fsp3) is 0.214. The summed E-state index contributed by atoms with van der Waals surface area (Å²) in [5.74, 6) is 0. The SMILES string of the molecule is O=C1CCC(n2cc3cc(P)ccc3cc2=O)C(=O)[SiH2]1. The Kier molecular flexibility index (Phi) is 3.40. The van der Waals surface area contributed by atoms with Crippen LogP contribution in [0.25, 0.3) is 10.8 Å². The van der Waals surface area contributed by atoms with E-state index in [-0.39, 0.29) is 16.4 Å². The zero-order valence-corrected chi connectivity index (χ0v) is 13.4. The molecule has 20 heavy (non-hydrogen) atoms. The first kappa shape index (κ1) is 13.4. The summed E-state index contributed by atoms with van der Waals surface area (Å²) in [4.78, 5) is 35.6. The minimum atomic E-state index is -1.35. The lowest BCUT2D eigenvalue weighted by atomic mass is 10.1. The van der Waals surface area contributed by atoms with Crippen LogP contribution in [0.15, 0.2) is 35.3 Å². The fourth-order valence-corrected chi connectivity index (χ4v) is 4.34. The molecule has 4 nitrogen and oxygen atoms in total. The van der Waals surface area contributed by atoms with Crippen LogP contribution >= 0.6 is 9.24 Å². The molecule has 0 aliphatic carbocycles. The molecule has 0 amide bonds. The topological polar surface area (TPSA) is 56.1 Å². The van der Waals surface area contributed by atoms with E-state index >= 15 is 0 Å². The van der Waals surface area contributed by atoms with Gasteiger partial charge >= 0.3 is 0 Å².